The van der Waals surface area contributed by atoms with Crippen LogP contribution in [-0.2, 0) is 9.53 Å². The second-order valence-corrected chi connectivity index (χ2v) is 4.07. The predicted molar refractivity (Wildman–Crippen MR) is 65.7 cm³/mol. The Hall–Kier alpha value is -1.62. The number of hydrogen-bond acceptors (Lipinski definition) is 4. The summed E-state index contributed by atoms with van der Waals surface area (Å²) in [4.78, 5) is 11.4. The first-order chi connectivity index (χ1) is 8.45. The molecule has 0 radical (unpaired) electrons. The highest BCUT2D eigenvalue weighted by Gasteiger charge is 2.19. The lowest BCUT2D eigenvalue weighted by molar-refractivity contribution is -0.145. The molecule has 2 atom stereocenters. The standard InChI is InChI=1S/C13H18FNO3/c1-4-18-13(17)9(3)15-8(2)11-6-5-10(16)7-12(11)14/h5-9,15-16H,4H2,1-3H3. The number of aromatic hydroxyl groups is 1. The van der Waals surface area contributed by atoms with Gasteiger partial charge in [0.1, 0.15) is 17.6 Å². The number of phenols is 1. The van der Waals surface area contributed by atoms with Crippen molar-refractivity contribution in [2.24, 2.45) is 0 Å². The number of phenolic OH excluding ortho intramolecular Hbond substituents is 1. The monoisotopic (exact) mass is 255 g/mol. The van der Waals surface area contributed by atoms with Crippen LogP contribution in [0.4, 0.5) is 4.39 Å². The molecule has 0 heterocycles. The van der Waals surface area contributed by atoms with E-state index in [1.807, 2.05) is 0 Å². The molecule has 100 valence electrons. The molecule has 0 aliphatic rings. The van der Waals surface area contributed by atoms with Crippen molar-refractivity contribution in [1.29, 1.82) is 0 Å². The number of carbonyl (C=O) groups is 1. The molecule has 0 aliphatic heterocycles. The summed E-state index contributed by atoms with van der Waals surface area (Å²) < 4.78 is 18.4. The normalized spacial score (nSPS) is 14.0. The first-order valence-corrected chi connectivity index (χ1v) is 5.86. The smallest absolute Gasteiger partial charge is 0.322 e. The van der Waals surface area contributed by atoms with Crippen LogP contribution < -0.4 is 5.32 Å². The van der Waals surface area contributed by atoms with Crippen LogP contribution in [0.3, 0.4) is 0 Å². The molecule has 1 rings (SSSR count). The highest BCUT2D eigenvalue weighted by Crippen LogP contribution is 2.21. The van der Waals surface area contributed by atoms with E-state index in [4.69, 9.17) is 9.84 Å². The summed E-state index contributed by atoms with van der Waals surface area (Å²) in [7, 11) is 0. The first-order valence-electron chi connectivity index (χ1n) is 5.86. The fraction of sp³-hybridized carbons (Fsp3) is 0.462. The van der Waals surface area contributed by atoms with Crippen LogP contribution in [0.15, 0.2) is 18.2 Å². The van der Waals surface area contributed by atoms with Crippen LogP contribution in [0.25, 0.3) is 0 Å². The molecule has 0 fully saturated rings. The van der Waals surface area contributed by atoms with Gasteiger partial charge >= 0.3 is 5.97 Å². The van der Waals surface area contributed by atoms with Crippen molar-refractivity contribution < 1.29 is 19.0 Å². The molecular weight excluding hydrogens is 237 g/mol. The highest BCUT2D eigenvalue weighted by molar-refractivity contribution is 5.75. The fourth-order valence-electron chi connectivity index (χ4n) is 1.67. The van der Waals surface area contributed by atoms with Crippen molar-refractivity contribution in [3.05, 3.63) is 29.6 Å². The molecular formula is C13H18FNO3. The Bertz CT molecular complexity index is 423. The number of rotatable bonds is 5. The van der Waals surface area contributed by atoms with Crippen LogP contribution in [0.5, 0.6) is 5.75 Å². The van der Waals surface area contributed by atoms with Gasteiger partial charge in [-0.15, -0.1) is 0 Å². The third-order valence-electron chi connectivity index (χ3n) is 2.59. The number of benzene rings is 1. The lowest BCUT2D eigenvalue weighted by Crippen LogP contribution is -2.37. The maximum Gasteiger partial charge on any atom is 0.322 e. The van der Waals surface area contributed by atoms with Crippen LogP contribution >= 0.6 is 0 Å². The molecule has 5 heteroatoms. The highest BCUT2D eigenvalue weighted by atomic mass is 19.1. The summed E-state index contributed by atoms with van der Waals surface area (Å²) >= 11 is 0. The number of carbonyl (C=O) groups excluding carboxylic acids is 1. The molecule has 0 amide bonds. The molecule has 18 heavy (non-hydrogen) atoms. The van der Waals surface area contributed by atoms with E-state index in [0.29, 0.717) is 12.2 Å². The Labute approximate surface area is 106 Å². The molecule has 0 saturated heterocycles. The lowest BCUT2D eigenvalue weighted by Gasteiger charge is -2.19. The van der Waals surface area contributed by atoms with E-state index in [-0.39, 0.29) is 17.8 Å². The Kier molecular flexibility index (Phi) is 5.09. The maximum absolute atomic E-state index is 13.6. The van der Waals surface area contributed by atoms with Crippen molar-refractivity contribution in [3.8, 4) is 5.75 Å². The lowest BCUT2D eigenvalue weighted by atomic mass is 10.1. The summed E-state index contributed by atoms with van der Waals surface area (Å²) in [5.41, 5.74) is 0.393. The Morgan fingerprint density at radius 1 is 1.50 bits per heavy atom. The maximum atomic E-state index is 13.6. The summed E-state index contributed by atoms with van der Waals surface area (Å²) in [6.07, 6.45) is 0. The third-order valence-corrected chi connectivity index (χ3v) is 2.59. The second-order valence-electron chi connectivity index (χ2n) is 4.07. The SMILES string of the molecule is CCOC(=O)C(C)NC(C)c1ccc(O)cc1F. The van der Waals surface area contributed by atoms with Gasteiger partial charge < -0.3 is 9.84 Å². The van der Waals surface area contributed by atoms with Gasteiger partial charge in [0.15, 0.2) is 0 Å². The molecule has 0 bridgehead atoms. The molecule has 2 unspecified atom stereocenters. The van der Waals surface area contributed by atoms with Crippen molar-refractivity contribution in [1.82, 2.24) is 5.32 Å². The van der Waals surface area contributed by atoms with Gasteiger partial charge in [-0.2, -0.15) is 0 Å². The number of nitrogens with one attached hydrogen (secondary N) is 1. The molecule has 0 saturated carbocycles. The van der Waals surface area contributed by atoms with Crippen molar-refractivity contribution in [3.63, 3.8) is 0 Å². The van der Waals surface area contributed by atoms with Gasteiger partial charge in [-0.25, -0.2) is 4.39 Å². The third kappa shape index (κ3) is 3.70. The van der Waals surface area contributed by atoms with Gasteiger partial charge in [0.05, 0.1) is 6.61 Å². The molecule has 2 N–H and O–H groups in total. The average Bonchev–Trinajstić information content (AvgIpc) is 2.28. The van der Waals surface area contributed by atoms with Crippen LogP contribution in [-0.4, -0.2) is 23.7 Å². The van der Waals surface area contributed by atoms with E-state index in [1.54, 1.807) is 20.8 Å². The Morgan fingerprint density at radius 2 is 2.17 bits per heavy atom. The predicted octanol–water partition coefficient (Wildman–Crippen LogP) is 2.13. The van der Waals surface area contributed by atoms with Crippen molar-refractivity contribution >= 4 is 5.97 Å². The van der Waals surface area contributed by atoms with Crippen molar-refractivity contribution in [2.45, 2.75) is 32.9 Å². The van der Waals surface area contributed by atoms with E-state index in [9.17, 15) is 9.18 Å². The summed E-state index contributed by atoms with van der Waals surface area (Å²) in [5.74, 6) is -1.00. The van der Waals surface area contributed by atoms with E-state index < -0.39 is 11.9 Å². The minimum absolute atomic E-state index is 0.123. The van der Waals surface area contributed by atoms with E-state index in [1.165, 1.54) is 12.1 Å². The van der Waals surface area contributed by atoms with Crippen LogP contribution in [0.2, 0.25) is 0 Å². The number of esters is 1. The quantitative estimate of drug-likeness (QED) is 0.791. The zero-order valence-corrected chi connectivity index (χ0v) is 10.7. The van der Waals surface area contributed by atoms with Gasteiger partial charge in [0.25, 0.3) is 0 Å². The van der Waals surface area contributed by atoms with Gasteiger partial charge in [-0.05, 0) is 26.8 Å². The molecule has 0 aliphatic carbocycles. The van der Waals surface area contributed by atoms with E-state index in [0.717, 1.165) is 6.07 Å². The molecule has 1 aromatic carbocycles. The number of ether oxygens (including phenoxy) is 1. The second kappa shape index (κ2) is 6.35. The number of halogens is 1. The largest absolute Gasteiger partial charge is 0.508 e. The van der Waals surface area contributed by atoms with Gasteiger partial charge in [0.2, 0.25) is 0 Å². The first kappa shape index (κ1) is 14.4. The van der Waals surface area contributed by atoms with E-state index >= 15 is 0 Å². The Morgan fingerprint density at radius 3 is 2.72 bits per heavy atom. The minimum atomic E-state index is -0.520. The summed E-state index contributed by atoms with van der Waals surface area (Å²) in [5, 5.41) is 12.1. The molecule has 0 spiro atoms. The van der Waals surface area contributed by atoms with Gasteiger partial charge in [-0.1, -0.05) is 6.07 Å². The summed E-state index contributed by atoms with van der Waals surface area (Å²) in [6.45, 7) is 5.44. The average molecular weight is 255 g/mol. The fourth-order valence-corrected chi connectivity index (χ4v) is 1.67. The molecule has 0 aromatic heterocycles. The minimum Gasteiger partial charge on any atom is -0.508 e. The van der Waals surface area contributed by atoms with E-state index in [2.05, 4.69) is 5.32 Å². The molecule has 1 aromatic rings. The zero-order chi connectivity index (χ0) is 13.7. The van der Waals surface area contributed by atoms with Crippen molar-refractivity contribution in [2.75, 3.05) is 6.61 Å². The summed E-state index contributed by atoms with van der Waals surface area (Å²) in [6, 6.07) is 3.06. The van der Waals surface area contributed by atoms with Crippen LogP contribution in [0, 0.1) is 5.82 Å². The van der Waals surface area contributed by atoms with Crippen LogP contribution in [0.1, 0.15) is 32.4 Å². The Balaban J connectivity index is 2.70. The topological polar surface area (TPSA) is 58.6 Å². The number of hydrogen-bond donors (Lipinski definition) is 2. The van der Waals surface area contributed by atoms with Gasteiger partial charge in [-0.3, -0.25) is 10.1 Å². The van der Waals surface area contributed by atoms with Gasteiger partial charge in [0, 0.05) is 17.7 Å². The molecule has 4 nitrogen and oxygen atoms in total. The zero-order valence-electron chi connectivity index (χ0n) is 10.7.